The lowest BCUT2D eigenvalue weighted by atomic mass is 10.2. The molecule has 2 aromatic carbocycles. The number of nitrogens with zero attached hydrogens (tertiary/aromatic N) is 1. The largest absolute Gasteiger partial charge is 0.493 e. The number of rotatable bonds is 7. The van der Waals surface area contributed by atoms with Gasteiger partial charge in [0.15, 0.2) is 17.6 Å². The Bertz CT molecular complexity index is 901. The van der Waals surface area contributed by atoms with Crippen LogP contribution in [0.3, 0.4) is 0 Å². The van der Waals surface area contributed by atoms with E-state index in [0.29, 0.717) is 0 Å². The smallest absolute Gasteiger partial charge is 0.339 e. The highest BCUT2D eigenvalue weighted by molar-refractivity contribution is 6.30. The van der Waals surface area contributed by atoms with Crippen LogP contribution in [-0.4, -0.2) is 30.0 Å². The normalized spacial score (nSPS) is 11.4. The Hall–Kier alpha value is -3.33. The standard InChI is InChI=1S/C17H15ClN2O7/c1-9(16(19)21)26-17(22)10-3-5-14(15(7-10)25-2)27-13-6-4-11(18)8-12(13)20(23)24/h3-9H,1-2H3,(H2,19,21)/t9-/m1/s1. The average molecular weight is 395 g/mol. The lowest BCUT2D eigenvalue weighted by Crippen LogP contribution is -2.30. The van der Waals surface area contributed by atoms with Gasteiger partial charge in [0, 0.05) is 11.1 Å². The van der Waals surface area contributed by atoms with Crippen LogP contribution >= 0.6 is 11.6 Å². The number of halogens is 1. The van der Waals surface area contributed by atoms with E-state index in [2.05, 4.69) is 0 Å². The second-order valence-corrected chi connectivity index (χ2v) is 5.72. The Kier molecular flexibility index (Phi) is 6.19. The SMILES string of the molecule is COc1cc(C(=O)O[C@H](C)C(N)=O)ccc1Oc1ccc(Cl)cc1[N+](=O)[O-]. The van der Waals surface area contributed by atoms with Gasteiger partial charge >= 0.3 is 11.7 Å². The van der Waals surface area contributed by atoms with E-state index in [0.717, 1.165) is 6.07 Å². The third kappa shape index (κ3) is 4.85. The van der Waals surface area contributed by atoms with E-state index in [-0.39, 0.29) is 33.5 Å². The summed E-state index contributed by atoms with van der Waals surface area (Å²) in [5.74, 6) is -1.38. The van der Waals surface area contributed by atoms with Crippen molar-refractivity contribution in [2.24, 2.45) is 5.73 Å². The monoisotopic (exact) mass is 394 g/mol. The Morgan fingerprint density at radius 3 is 2.41 bits per heavy atom. The number of methoxy groups -OCH3 is 1. The first-order valence-corrected chi connectivity index (χ1v) is 7.91. The van der Waals surface area contributed by atoms with Crippen molar-refractivity contribution in [3.63, 3.8) is 0 Å². The number of esters is 1. The quantitative estimate of drug-likeness (QED) is 0.433. The van der Waals surface area contributed by atoms with Crippen LogP contribution in [0.1, 0.15) is 17.3 Å². The van der Waals surface area contributed by atoms with Crippen LogP contribution in [0.5, 0.6) is 17.2 Å². The lowest BCUT2D eigenvalue weighted by molar-refractivity contribution is -0.385. The van der Waals surface area contributed by atoms with Gasteiger partial charge in [0.2, 0.25) is 5.75 Å². The number of hydrogen-bond acceptors (Lipinski definition) is 7. The zero-order valence-corrected chi connectivity index (χ0v) is 15.1. The molecule has 0 saturated carbocycles. The third-order valence-corrected chi connectivity index (χ3v) is 3.66. The minimum absolute atomic E-state index is 0.0552. The molecule has 0 aliphatic carbocycles. The number of nitro benzene ring substituents is 1. The molecule has 1 atom stereocenters. The number of benzene rings is 2. The molecule has 9 nitrogen and oxygen atoms in total. The van der Waals surface area contributed by atoms with Gasteiger partial charge in [-0.2, -0.15) is 0 Å². The van der Waals surface area contributed by atoms with Gasteiger partial charge in [-0.3, -0.25) is 14.9 Å². The molecule has 0 saturated heterocycles. The summed E-state index contributed by atoms with van der Waals surface area (Å²) in [4.78, 5) is 33.6. The fourth-order valence-electron chi connectivity index (χ4n) is 2.00. The Morgan fingerprint density at radius 2 is 1.81 bits per heavy atom. The summed E-state index contributed by atoms with van der Waals surface area (Å²) in [6, 6.07) is 7.98. The summed E-state index contributed by atoms with van der Waals surface area (Å²) in [7, 11) is 1.33. The molecular weight excluding hydrogens is 380 g/mol. The van der Waals surface area contributed by atoms with Gasteiger partial charge in [0.05, 0.1) is 17.6 Å². The summed E-state index contributed by atoms with van der Waals surface area (Å²) < 4.78 is 15.6. The van der Waals surface area contributed by atoms with Gasteiger partial charge in [-0.1, -0.05) is 11.6 Å². The zero-order chi connectivity index (χ0) is 20.1. The molecule has 0 heterocycles. The van der Waals surface area contributed by atoms with Gasteiger partial charge < -0.3 is 19.9 Å². The molecule has 0 bridgehead atoms. The van der Waals surface area contributed by atoms with Crippen LogP contribution < -0.4 is 15.2 Å². The summed E-state index contributed by atoms with van der Waals surface area (Å²) >= 11 is 5.77. The van der Waals surface area contributed by atoms with Crippen LogP contribution in [0.15, 0.2) is 36.4 Å². The topological polar surface area (TPSA) is 131 Å². The highest BCUT2D eigenvalue weighted by Gasteiger charge is 2.21. The predicted molar refractivity (Wildman–Crippen MR) is 95.2 cm³/mol. The molecule has 0 aliphatic heterocycles. The highest BCUT2D eigenvalue weighted by Crippen LogP contribution is 2.38. The Labute approximate surface area is 158 Å². The molecule has 1 amide bonds. The first kappa shape index (κ1) is 20.0. The number of amides is 1. The number of carbonyl (C=O) groups excluding carboxylic acids is 2. The van der Waals surface area contributed by atoms with Crippen molar-refractivity contribution < 1.29 is 28.7 Å². The molecule has 142 valence electrons. The molecule has 2 aromatic rings. The first-order valence-electron chi connectivity index (χ1n) is 7.53. The molecule has 0 aromatic heterocycles. The van der Waals surface area contributed by atoms with Crippen molar-refractivity contribution in [3.05, 3.63) is 57.1 Å². The van der Waals surface area contributed by atoms with Crippen molar-refractivity contribution in [1.82, 2.24) is 0 Å². The fraction of sp³-hybridized carbons (Fsp3) is 0.176. The fourth-order valence-corrected chi connectivity index (χ4v) is 2.17. The number of primary amides is 1. The average Bonchev–Trinajstić information content (AvgIpc) is 2.62. The molecule has 10 heteroatoms. The van der Waals surface area contributed by atoms with E-state index < -0.39 is 22.9 Å². The number of ether oxygens (including phenoxy) is 3. The van der Waals surface area contributed by atoms with E-state index in [9.17, 15) is 19.7 Å². The van der Waals surface area contributed by atoms with E-state index in [1.807, 2.05) is 0 Å². The van der Waals surface area contributed by atoms with Gasteiger partial charge in [-0.15, -0.1) is 0 Å². The van der Waals surface area contributed by atoms with Crippen LogP contribution in [-0.2, 0) is 9.53 Å². The van der Waals surface area contributed by atoms with Crippen molar-refractivity contribution in [1.29, 1.82) is 0 Å². The van der Waals surface area contributed by atoms with Crippen molar-refractivity contribution in [2.45, 2.75) is 13.0 Å². The van der Waals surface area contributed by atoms with Crippen molar-refractivity contribution in [2.75, 3.05) is 7.11 Å². The number of nitro groups is 1. The minimum atomic E-state index is -1.10. The second kappa shape index (κ2) is 8.37. The molecule has 0 aliphatic rings. The Morgan fingerprint density at radius 1 is 1.15 bits per heavy atom. The van der Waals surface area contributed by atoms with E-state index in [1.165, 1.54) is 44.4 Å². The minimum Gasteiger partial charge on any atom is -0.493 e. The third-order valence-electron chi connectivity index (χ3n) is 3.42. The highest BCUT2D eigenvalue weighted by atomic mass is 35.5. The molecule has 2 rings (SSSR count). The summed E-state index contributed by atoms with van der Waals surface area (Å²) in [5, 5.41) is 11.3. The molecular formula is C17H15ClN2O7. The van der Waals surface area contributed by atoms with Crippen molar-refractivity contribution in [3.8, 4) is 17.2 Å². The van der Waals surface area contributed by atoms with Gasteiger partial charge in [0.1, 0.15) is 0 Å². The maximum absolute atomic E-state index is 12.0. The molecule has 0 radical (unpaired) electrons. The lowest BCUT2D eigenvalue weighted by Gasteiger charge is -2.13. The molecule has 27 heavy (non-hydrogen) atoms. The van der Waals surface area contributed by atoms with E-state index in [1.54, 1.807) is 0 Å². The number of nitrogens with two attached hydrogens (primary N) is 1. The first-order chi connectivity index (χ1) is 12.7. The van der Waals surface area contributed by atoms with Crippen LogP contribution in [0.25, 0.3) is 0 Å². The van der Waals surface area contributed by atoms with E-state index >= 15 is 0 Å². The predicted octanol–water partition coefficient (Wildman–Crippen LogP) is 3.08. The summed E-state index contributed by atoms with van der Waals surface area (Å²) in [6.07, 6.45) is -1.10. The van der Waals surface area contributed by atoms with Gasteiger partial charge in [-0.25, -0.2) is 4.79 Å². The van der Waals surface area contributed by atoms with Gasteiger partial charge in [0.25, 0.3) is 5.91 Å². The van der Waals surface area contributed by atoms with Crippen LogP contribution in [0, 0.1) is 10.1 Å². The molecule has 2 N–H and O–H groups in total. The zero-order valence-electron chi connectivity index (χ0n) is 14.3. The molecule has 0 unspecified atom stereocenters. The van der Waals surface area contributed by atoms with Gasteiger partial charge in [-0.05, 0) is 37.3 Å². The molecule has 0 spiro atoms. The summed E-state index contributed by atoms with van der Waals surface area (Å²) in [5.41, 5.74) is 4.80. The van der Waals surface area contributed by atoms with Crippen LogP contribution in [0.2, 0.25) is 5.02 Å². The molecule has 0 fully saturated rings. The summed E-state index contributed by atoms with van der Waals surface area (Å²) in [6.45, 7) is 1.34. The maximum atomic E-state index is 12.0. The second-order valence-electron chi connectivity index (χ2n) is 5.29. The van der Waals surface area contributed by atoms with Crippen LogP contribution in [0.4, 0.5) is 5.69 Å². The number of hydrogen-bond donors (Lipinski definition) is 1. The van der Waals surface area contributed by atoms with Crippen molar-refractivity contribution >= 4 is 29.2 Å². The number of carbonyl (C=O) groups is 2. The maximum Gasteiger partial charge on any atom is 0.339 e. The van der Waals surface area contributed by atoms with E-state index in [4.69, 9.17) is 31.5 Å². The Balaban J connectivity index is 2.31.